The Balaban J connectivity index is 3.23. The largest absolute Gasteiger partial charge is 0.478 e. The summed E-state index contributed by atoms with van der Waals surface area (Å²) in [4.78, 5) is 21.5. The van der Waals surface area contributed by atoms with Gasteiger partial charge in [-0.1, -0.05) is 20.3 Å². The normalized spacial score (nSPS) is 11.9. The second-order valence-electron chi connectivity index (χ2n) is 4.77. The van der Waals surface area contributed by atoms with Crippen LogP contribution in [-0.4, -0.2) is 22.0 Å². The van der Waals surface area contributed by atoms with Gasteiger partial charge in [-0.05, 0) is 25.8 Å². The summed E-state index contributed by atoms with van der Waals surface area (Å²) in [6, 6.07) is 2.74. The summed E-state index contributed by atoms with van der Waals surface area (Å²) in [5.41, 5.74) is 0.751. The number of nitrogens with zero attached hydrogens (tertiary/aromatic N) is 1. The van der Waals surface area contributed by atoms with E-state index in [0.717, 1.165) is 25.3 Å². The van der Waals surface area contributed by atoms with Gasteiger partial charge in [0.1, 0.15) is 0 Å². The second kappa shape index (κ2) is 6.88. The average Bonchev–Trinajstić information content (AvgIpc) is 2.39. The zero-order valence-corrected chi connectivity index (χ0v) is 12.0. The lowest BCUT2D eigenvalue weighted by atomic mass is 10.0. The van der Waals surface area contributed by atoms with Crippen molar-refractivity contribution in [3.05, 3.63) is 33.4 Å². The molecule has 0 heterocycles. The summed E-state index contributed by atoms with van der Waals surface area (Å²) >= 11 is 0. The van der Waals surface area contributed by atoms with E-state index < -0.39 is 10.9 Å². The first-order chi connectivity index (χ1) is 9.40. The van der Waals surface area contributed by atoms with Crippen molar-refractivity contribution in [1.29, 1.82) is 0 Å². The minimum Gasteiger partial charge on any atom is -0.478 e. The van der Waals surface area contributed by atoms with E-state index in [0.29, 0.717) is 11.3 Å². The number of benzene rings is 1. The molecule has 1 atom stereocenters. The fourth-order valence-corrected chi connectivity index (χ4v) is 2.11. The number of nitrogens with one attached hydrogen (secondary N) is 1. The van der Waals surface area contributed by atoms with Crippen molar-refractivity contribution in [2.75, 3.05) is 5.32 Å². The molecule has 0 saturated heterocycles. The van der Waals surface area contributed by atoms with E-state index in [9.17, 15) is 14.9 Å². The Kier molecular flexibility index (Phi) is 5.49. The molecule has 1 aromatic rings. The maximum absolute atomic E-state index is 11.1. The molecule has 0 aliphatic rings. The van der Waals surface area contributed by atoms with Crippen LogP contribution >= 0.6 is 0 Å². The van der Waals surface area contributed by atoms with Crippen LogP contribution in [0.1, 0.15) is 49.0 Å². The van der Waals surface area contributed by atoms with Crippen molar-refractivity contribution in [1.82, 2.24) is 0 Å². The molecule has 0 aliphatic carbocycles. The van der Waals surface area contributed by atoms with Gasteiger partial charge in [0.2, 0.25) is 0 Å². The van der Waals surface area contributed by atoms with E-state index in [-0.39, 0.29) is 17.3 Å². The maximum atomic E-state index is 11.1. The summed E-state index contributed by atoms with van der Waals surface area (Å²) in [6.45, 7) is 5.72. The van der Waals surface area contributed by atoms with Crippen molar-refractivity contribution in [3.8, 4) is 0 Å². The lowest BCUT2D eigenvalue weighted by Gasteiger charge is -2.19. The van der Waals surface area contributed by atoms with E-state index >= 15 is 0 Å². The predicted octanol–water partition coefficient (Wildman–Crippen LogP) is 3.59. The first kappa shape index (κ1) is 15.9. The topological polar surface area (TPSA) is 92.5 Å². The summed E-state index contributed by atoms with van der Waals surface area (Å²) in [6.07, 6.45) is 2.80. The number of nitro benzene ring substituents is 1. The summed E-state index contributed by atoms with van der Waals surface area (Å²) in [5, 5.41) is 23.3. The van der Waals surface area contributed by atoms with Crippen LogP contribution in [0.15, 0.2) is 12.1 Å². The van der Waals surface area contributed by atoms with Gasteiger partial charge in [-0.15, -0.1) is 0 Å². The molecule has 6 nitrogen and oxygen atoms in total. The molecule has 1 unspecified atom stereocenters. The highest BCUT2D eigenvalue weighted by Gasteiger charge is 2.20. The summed E-state index contributed by atoms with van der Waals surface area (Å²) in [5.74, 6) is -1.17. The van der Waals surface area contributed by atoms with Crippen molar-refractivity contribution in [2.24, 2.45) is 0 Å². The number of aromatic carboxylic acids is 1. The number of rotatable bonds is 7. The van der Waals surface area contributed by atoms with Gasteiger partial charge in [0, 0.05) is 23.4 Å². The third kappa shape index (κ3) is 3.69. The van der Waals surface area contributed by atoms with Crippen LogP contribution < -0.4 is 5.32 Å². The molecular weight excluding hydrogens is 260 g/mol. The number of carbonyl (C=O) groups is 1. The average molecular weight is 280 g/mol. The monoisotopic (exact) mass is 280 g/mol. The molecule has 0 aliphatic heterocycles. The molecule has 0 aromatic heterocycles. The van der Waals surface area contributed by atoms with Gasteiger partial charge < -0.3 is 10.4 Å². The van der Waals surface area contributed by atoms with Crippen LogP contribution in [0.4, 0.5) is 11.4 Å². The number of hydrogen-bond donors (Lipinski definition) is 2. The summed E-state index contributed by atoms with van der Waals surface area (Å²) < 4.78 is 0. The molecule has 0 radical (unpaired) electrons. The highest BCUT2D eigenvalue weighted by atomic mass is 16.6. The number of nitro groups is 1. The Bertz CT molecular complexity index is 514. The van der Waals surface area contributed by atoms with Crippen LogP contribution in [0.25, 0.3) is 0 Å². The molecule has 110 valence electrons. The van der Waals surface area contributed by atoms with Crippen LogP contribution in [0.5, 0.6) is 0 Å². The van der Waals surface area contributed by atoms with Crippen LogP contribution in [0.2, 0.25) is 0 Å². The minimum atomic E-state index is -1.17. The van der Waals surface area contributed by atoms with Gasteiger partial charge in [0.05, 0.1) is 10.5 Å². The van der Waals surface area contributed by atoms with Gasteiger partial charge in [-0.25, -0.2) is 4.79 Å². The molecule has 0 bridgehead atoms. The lowest BCUT2D eigenvalue weighted by molar-refractivity contribution is -0.385. The Morgan fingerprint density at radius 1 is 1.45 bits per heavy atom. The van der Waals surface area contributed by atoms with Gasteiger partial charge in [0.25, 0.3) is 5.69 Å². The highest BCUT2D eigenvalue weighted by molar-refractivity contribution is 5.90. The Hall–Kier alpha value is -2.11. The van der Waals surface area contributed by atoms with Gasteiger partial charge in [-0.2, -0.15) is 0 Å². The molecule has 1 rings (SSSR count). The van der Waals surface area contributed by atoms with Crippen molar-refractivity contribution in [3.63, 3.8) is 0 Å². The minimum absolute atomic E-state index is 0.0730. The van der Waals surface area contributed by atoms with E-state index in [4.69, 9.17) is 5.11 Å². The quantitative estimate of drug-likeness (QED) is 0.588. The van der Waals surface area contributed by atoms with Crippen molar-refractivity contribution >= 4 is 17.3 Å². The molecule has 1 aromatic carbocycles. The van der Waals surface area contributed by atoms with Crippen LogP contribution in [0, 0.1) is 17.0 Å². The summed E-state index contributed by atoms with van der Waals surface area (Å²) in [7, 11) is 0. The van der Waals surface area contributed by atoms with Crippen LogP contribution in [-0.2, 0) is 0 Å². The molecule has 0 fully saturated rings. The maximum Gasteiger partial charge on any atom is 0.336 e. The van der Waals surface area contributed by atoms with Gasteiger partial charge >= 0.3 is 5.97 Å². The first-order valence-corrected chi connectivity index (χ1v) is 6.69. The Morgan fingerprint density at radius 3 is 2.55 bits per heavy atom. The zero-order valence-electron chi connectivity index (χ0n) is 12.0. The van der Waals surface area contributed by atoms with Gasteiger partial charge in [0.15, 0.2) is 0 Å². The fourth-order valence-electron chi connectivity index (χ4n) is 2.11. The standard InChI is InChI=1S/C14H20N2O4/c1-4-6-11(5-2)15-12-7-10(14(17)18)8-13(9(12)3)16(19)20/h7-8,11,15H,4-6H2,1-3H3,(H,17,18). The highest BCUT2D eigenvalue weighted by Crippen LogP contribution is 2.29. The smallest absolute Gasteiger partial charge is 0.336 e. The molecule has 2 N–H and O–H groups in total. The second-order valence-corrected chi connectivity index (χ2v) is 4.77. The predicted molar refractivity (Wildman–Crippen MR) is 77.4 cm³/mol. The van der Waals surface area contributed by atoms with E-state index in [1.54, 1.807) is 6.92 Å². The van der Waals surface area contributed by atoms with E-state index in [2.05, 4.69) is 12.2 Å². The molecule has 0 amide bonds. The van der Waals surface area contributed by atoms with Crippen LogP contribution in [0.3, 0.4) is 0 Å². The zero-order chi connectivity index (χ0) is 15.3. The molecule has 0 spiro atoms. The van der Waals surface area contributed by atoms with E-state index in [1.165, 1.54) is 6.07 Å². The Morgan fingerprint density at radius 2 is 2.10 bits per heavy atom. The molecule has 6 heteroatoms. The number of carboxylic acids is 1. The van der Waals surface area contributed by atoms with E-state index in [1.807, 2.05) is 6.92 Å². The van der Waals surface area contributed by atoms with Crippen molar-refractivity contribution in [2.45, 2.75) is 46.1 Å². The SMILES string of the molecule is CCCC(CC)Nc1cc(C(=O)O)cc([N+](=O)[O-])c1C. The van der Waals surface area contributed by atoms with Gasteiger partial charge in [-0.3, -0.25) is 10.1 Å². The number of carboxylic acid groups (broad SMARTS) is 1. The van der Waals surface area contributed by atoms with Crippen molar-refractivity contribution < 1.29 is 14.8 Å². The third-order valence-corrected chi connectivity index (χ3v) is 3.31. The number of anilines is 1. The fraction of sp³-hybridized carbons (Fsp3) is 0.500. The molecular formula is C14H20N2O4. The third-order valence-electron chi connectivity index (χ3n) is 3.31. The number of hydrogen-bond acceptors (Lipinski definition) is 4. The molecule has 0 saturated carbocycles. The molecule has 20 heavy (non-hydrogen) atoms. The lowest BCUT2D eigenvalue weighted by Crippen LogP contribution is -2.19. The Labute approximate surface area is 118 Å². The first-order valence-electron chi connectivity index (χ1n) is 6.69.